The minimum atomic E-state index is -1.12. The Morgan fingerprint density at radius 2 is 1.62 bits per heavy atom. The number of aryl methyl sites for hydroxylation is 2. The monoisotopic (exact) mass is 399 g/mol. The third kappa shape index (κ3) is 7.14. The molecule has 0 saturated carbocycles. The normalized spacial score (nSPS) is 12.2. The molecule has 1 atom stereocenters. The topological polar surface area (TPSA) is 84.9 Å². The van der Waals surface area contributed by atoms with Gasteiger partial charge in [0.1, 0.15) is 24.0 Å². The molecule has 2 aromatic carbocycles. The number of benzene rings is 2. The molecule has 6 heteroatoms. The van der Waals surface area contributed by atoms with Crippen LogP contribution in [0, 0.1) is 13.8 Å². The molecule has 29 heavy (non-hydrogen) atoms. The van der Waals surface area contributed by atoms with Crippen LogP contribution in [0.25, 0.3) is 0 Å². The van der Waals surface area contributed by atoms with Gasteiger partial charge in [-0.15, -0.1) is 0 Å². The molecule has 1 unspecified atom stereocenters. The van der Waals surface area contributed by atoms with Gasteiger partial charge in [0.2, 0.25) is 0 Å². The van der Waals surface area contributed by atoms with Crippen LogP contribution in [0.2, 0.25) is 0 Å². The van der Waals surface area contributed by atoms with Crippen LogP contribution >= 0.6 is 0 Å². The fourth-order valence-electron chi connectivity index (χ4n) is 3.00. The van der Waals surface area contributed by atoms with Crippen molar-refractivity contribution in [2.75, 3.05) is 0 Å². The number of alkyl carbamates (subject to hydrolysis) is 1. The first kappa shape index (κ1) is 22.3. The summed E-state index contributed by atoms with van der Waals surface area (Å²) in [6.45, 7) is 9.48. The van der Waals surface area contributed by atoms with Crippen LogP contribution in [0.3, 0.4) is 0 Å². The molecular weight excluding hydrogens is 370 g/mol. The number of carbonyl (C=O) groups is 2. The molecule has 0 aromatic heterocycles. The van der Waals surface area contributed by atoms with Crippen molar-refractivity contribution >= 4 is 12.1 Å². The number of hydrogen-bond donors (Lipinski definition) is 2. The van der Waals surface area contributed by atoms with E-state index in [9.17, 15) is 14.7 Å². The van der Waals surface area contributed by atoms with E-state index in [4.69, 9.17) is 9.47 Å². The summed E-state index contributed by atoms with van der Waals surface area (Å²) >= 11 is 0. The zero-order valence-electron chi connectivity index (χ0n) is 17.6. The Morgan fingerprint density at radius 1 is 1.03 bits per heavy atom. The van der Waals surface area contributed by atoms with Gasteiger partial charge in [0.05, 0.1) is 0 Å². The summed E-state index contributed by atoms with van der Waals surface area (Å²) in [5.74, 6) is -0.333. The van der Waals surface area contributed by atoms with Gasteiger partial charge < -0.3 is 19.9 Å². The molecule has 0 bridgehead atoms. The maximum atomic E-state index is 12.0. The second-order valence-electron chi connectivity index (χ2n) is 8.07. The van der Waals surface area contributed by atoms with Gasteiger partial charge in [-0.3, -0.25) is 0 Å². The van der Waals surface area contributed by atoms with E-state index >= 15 is 0 Å². The smallest absolute Gasteiger partial charge is 0.408 e. The first-order valence-electron chi connectivity index (χ1n) is 9.54. The van der Waals surface area contributed by atoms with Crippen molar-refractivity contribution in [3.8, 4) is 5.75 Å². The summed E-state index contributed by atoms with van der Waals surface area (Å²) in [6, 6.07) is 12.6. The van der Waals surface area contributed by atoms with Crippen molar-refractivity contribution in [3.05, 3.63) is 64.7 Å². The molecule has 0 fully saturated rings. The predicted molar refractivity (Wildman–Crippen MR) is 111 cm³/mol. The Kier molecular flexibility index (Phi) is 7.26. The molecule has 0 aliphatic carbocycles. The van der Waals surface area contributed by atoms with Gasteiger partial charge in [-0.05, 0) is 56.9 Å². The number of hydrogen-bond acceptors (Lipinski definition) is 4. The molecule has 2 rings (SSSR count). The van der Waals surface area contributed by atoms with Crippen LogP contribution in [0.4, 0.5) is 4.79 Å². The average Bonchev–Trinajstić information content (AvgIpc) is 2.59. The van der Waals surface area contributed by atoms with Gasteiger partial charge in [0.15, 0.2) is 0 Å². The van der Waals surface area contributed by atoms with E-state index in [1.165, 1.54) is 0 Å². The van der Waals surface area contributed by atoms with E-state index in [-0.39, 0.29) is 6.42 Å². The fraction of sp³-hybridized carbons (Fsp3) is 0.391. The highest BCUT2D eigenvalue weighted by Crippen LogP contribution is 2.26. The number of nitrogens with one attached hydrogen (secondary N) is 1. The van der Waals surface area contributed by atoms with Crippen molar-refractivity contribution in [2.45, 2.75) is 59.3 Å². The van der Waals surface area contributed by atoms with Crippen molar-refractivity contribution in [1.82, 2.24) is 5.32 Å². The Hall–Kier alpha value is -3.02. The van der Waals surface area contributed by atoms with Crippen LogP contribution in [0.15, 0.2) is 42.5 Å². The average molecular weight is 399 g/mol. The zero-order chi connectivity index (χ0) is 21.6. The highest BCUT2D eigenvalue weighted by Gasteiger charge is 2.24. The number of ether oxygens (including phenoxy) is 2. The number of carboxylic acid groups (broad SMARTS) is 1. The van der Waals surface area contributed by atoms with Gasteiger partial charge in [-0.25, -0.2) is 9.59 Å². The number of aliphatic carboxylic acids is 1. The standard InChI is InChI=1S/C23H29NO5/c1-15-11-18(13-19(21(25)26)24-22(27)29-23(3,4)5)12-16(2)20(15)28-14-17-9-7-6-8-10-17/h6-12,19H,13-14H2,1-5H3,(H,24,27)(H,25,26). The summed E-state index contributed by atoms with van der Waals surface area (Å²) in [6.07, 6.45) is -0.601. The van der Waals surface area contributed by atoms with Crippen molar-refractivity contribution < 1.29 is 24.2 Å². The minimum Gasteiger partial charge on any atom is -0.488 e. The lowest BCUT2D eigenvalue weighted by Crippen LogP contribution is -2.44. The van der Waals surface area contributed by atoms with E-state index in [0.717, 1.165) is 28.0 Å². The lowest BCUT2D eigenvalue weighted by Gasteiger charge is -2.22. The molecule has 0 saturated heterocycles. The molecule has 0 aliphatic heterocycles. The highest BCUT2D eigenvalue weighted by atomic mass is 16.6. The van der Waals surface area contributed by atoms with Gasteiger partial charge >= 0.3 is 12.1 Å². The summed E-state index contributed by atoms with van der Waals surface area (Å²) in [7, 11) is 0. The van der Waals surface area contributed by atoms with Gasteiger partial charge in [0.25, 0.3) is 0 Å². The predicted octanol–water partition coefficient (Wildman–Crippen LogP) is 4.40. The van der Waals surface area contributed by atoms with Gasteiger partial charge in [-0.2, -0.15) is 0 Å². The van der Waals surface area contributed by atoms with Gasteiger partial charge in [-0.1, -0.05) is 42.5 Å². The van der Waals surface area contributed by atoms with Crippen molar-refractivity contribution in [1.29, 1.82) is 0 Å². The van der Waals surface area contributed by atoms with Crippen LogP contribution in [-0.2, 0) is 22.6 Å². The Morgan fingerprint density at radius 3 is 2.14 bits per heavy atom. The molecule has 0 spiro atoms. The van der Waals surface area contributed by atoms with Crippen LogP contribution in [-0.4, -0.2) is 28.8 Å². The Labute approximate surface area is 171 Å². The van der Waals surface area contributed by atoms with E-state index in [1.807, 2.05) is 56.3 Å². The first-order valence-corrected chi connectivity index (χ1v) is 9.54. The second-order valence-corrected chi connectivity index (χ2v) is 8.07. The SMILES string of the molecule is Cc1cc(CC(NC(=O)OC(C)(C)C)C(=O)O)cc(C)c1OCc1ccccc1. The Balaban J connectivity index is 2.09. The zero-order valence-corrected chi connectivity index (χ0v) is 17.6. The van der Waals surface area contributed by atoms with E-state index in [0.29, 0.717) is 6.61 Å². The van der Waals surface area contributed by atoms with E-state index in [2.05, 4.69) is 5.32 Å². The second kappa shape index (κ2) is 9.45. The summed E-state index contributed by atoms with van der Waals surface area (Å²) in [5.41, 5.74) is 3.01. The van der Waals surface area contributed by atoms with Crippen molar-refractivity contribution in [2.24, 2.45) is 0 Å². The molecule has 0 aliphatic rings. The molecule has 6 nitrogen and oxygen atoms in total. The minimum absolute atomic E-state index is 0.148. The molecule has 0 radical (unpaired) electrons. The van der Waals surface area contributed by atoms with Gasteiger partial charge in [0, 0.05) is 6.42 Å². The summed E-state index contributed by atoms with van der Waals surface area (Å²) in [4.78, 5) is 23.6. The molecule has 1 amide bonds. The molecule has 2 aromatic rings. The van der Waals surface area contributed by atoms with E-state index < -0.39 is 23.7 Å². The maximum Gasteiger partial charge on any atom is 0.408 e. The Bertz CT molecular complexity index is 832. The quantitative estimate of drug-likeness (QED) is 0.721. The third-order valence-corrected chi connectivity index (χ3v) is 4.18. The largest absolute Gasteiger partial charge is 0.488 e. The lowest BCUT2D eigenvalue weighted by molar-refractivity contribution is -0.139. The van der Waals surface area contributed by atoms with E-state index in [1.54, 1.807) is 20.8 Å². The molecule has 0 heterocycles. The number of rotatable bonds is 7. The molecular formula is C23H29NO5. The third-order valence-electron chi connectivity index (χ3n) is 4.18. The fourth-order valence-corrected chi connectivity index (χ4v) is 3.00. The molecule has 156 valence electrons. The maximum absolute atomic E-state index is 12.0. The number of carboxylic acids is 1. The summed E-state index contributed by atoms with van der Waals surface area (Å²) in [5, 5.41) is 11.9. The number of carbonyl (C=O) groups excluding carboxylic acids is 1. The summed E-state index contributed by atoms with van der Waals surface area (Å²) < 4.78 is 11.1. The van der Waals surface area contributed by atoms with Crippen molar-refractivity contribution in [3.63, 3.8) is 0 Å². The number of amides is 1. The van der Waals surface area contributed by atoms with Crippen LogP contribution < -0.4 is 10.1 Å². The first-order chi connectivity index (χ1) is 13.5. The highest BCUT2D eigenvalue weighted by molar-refractivity contribution is 5.80. The molecule has 2 N–H and O–H groups in total. The van der Waals surface area contributed by atoms with Crippen LogP contribution in [0.1, 0.15) is 43.0 Å². The lowest BCUT2D eigenvalue weighted by atomic mass is 10.00. The van der Waals surface area contributed by atoms with Crippen LogP contribution in [0.5, 0.6) is 5.75 Å².